The number of amides is 1. The first-order valence-electron chi connectivity index (χ1n) is 9.29. The summed E-state index contributed by atoms with van der Waals surface area (Å²) in [7, 11) is 0. The van der Waals surface area contributed by atoms with Crippen molar-refractivity contribution >= 4 is 38.4 Å². The summed E-state index contributed by atoms with van der Waals surface area (Å²) < 4.78 is 1.07. The molecule has 1 aromatic heterocycles. The van der Waals surface area contributed by atoms with Crippen molar-refractivity contribution in [1.82, 2.24) is 9.88 Å². The lowest BCUT2D eigenvalue weighted by molar-refractivity contribution is -0.139. The van der Waals surface area contributed by atoms with E-state index in [0.717, 1.165) is 48.3 Å². The Morgan fingerprint density at radius 3 is 2.54 bits per heavy atom. The monoisotopic (exact) mass is 417 g/mol. The molecule has 1 aromatic carbocycles. The minimum absolute atomic E-state index is 0.245. The van der Waals surface area contributed by atoms with Crippen molar-refractivity contribution in [2.24, 2.45) is 5.41 Å². The molecule has 1 fully saturated rings. The van der Waals surface area contributed by atoms with E-state index in [-0.39, 0.29) is 11.3 Å². The number of rotatable bonds is 1. The molecule has 0 saturated carbocycles. The Labute approximate surface area is 164 Å². The minimum atomic E-state index is -0.324. The van der Waals surface area contributed by atoms with Gasteiger partial charge in [0, 0.05) is 47.1 Å². The summed E-state index contributed by atoms with van der Waals surface area (Å²) in [6, 6.07) is 6.27. The third kappa shape index (κ3) is 3.73. The maximum atomic E-state index is 12.7. The normalized spacial score (nSPS) is 16.1. The van der Waals surface area contributed by atoms with Gasteiger partial charge in [-0.3, -0.25) is 9.78 Å². The molecular formula is C21H28BrN3O. The van der Waals surface area contributed by atoms with Crippen molar-refractivity contribution in [2.45, 2.75) is 41.0 Å². The number of hydrogen-bond donors (Lipinski definition) is 0. The van der Waals surface area contributed by atoms with Crippen LogP contribution in [0.2, 0.25) is 0 Å². The Balaban J connectivity index is 1.96. The van der Waals surface area contributed by atoms with Gasteiger partial charge in [-0.15, -0.1) is 0 Å². The van der Waals surface area contributed by atoms with Crippen LogP contribution in [0.1, 0.15) is 38.4 Å². The molecule has 2 aromatic rings. The molecular weight excluding hydrogens is 390 g/mol. The third-order valence-electron chi connectivity index (χ3n) is 5.14. The van der Waals surface area contributed by atoms with Gasteiger partial charge in [0.15, 0.2) is 0 Å². The zero-order valence-corrected chi connectivity index (χ0v) is 18.0. The Kier molecular flexibility index (Phi) is 5.29. The number of pyridine rings is 1. The lowest BCUT2D eigenvalue weighted by Gasteiger charge is -2.29. The van der Waals surface area contributed by atoms with Crippen LogP contribution in [0.4, 0.5) is 5.69 Å². The van der Waals surface area contributed by atoms with Gasteiger partial charge in [0.25, 0.3) is 0 Å². The van der Waals surface area contributed by atoms with Crippen LogP contribution in [0, 0.1) is 19.3 Å². The first-order valence-corrected chi connectivity index (χ1v) is 10.1. The van der Waals surface area contributed by atoms with Crippen molar-refractivity contribution in [2.75, 3.05) is 31.1 Å². The minimum Gasteiger partial charge on any atom is -0.369 e. The number of nitrogens with zero attached hydrogens (tertiary/aromatic N) is 3. The van der Waals surface area contributed by atoms with Gasteiger partial charge in [-0.2, -0.15) is 0 Å². The fraction of sp³-hybridized carbons (Fsp3) is 0.524. The highest BCUT2D eigenvalue weighted by atomic mass is 79.9. The predicted octanol–water partition coefficient (Wildman–Crippen LogP) is 4.70. The zero-order valence-electron chi connectivity index (χ0n) is 16.4. The van der Waals surface area contributed by atoms with Crippen LogP contribution in [0.5, 0.6) is 0 Å². The van der Waals surface area contributed by atoms with E-state index in [1.807, 2.05) is 31.7 Å². The van der Waals surface area contributed by atoms with Gasteiger partial charge >= 0.3 is 0 Å². The number of benzene rings is 1. The molecule has 1 amide bonds. The van der Waals surface area contributed by atoms with Crippen LogP contribution >= 0.6 is 15.9 Å². The van der Waals surface area contributed by atoms with Gasteiger partial charge in [0.1, 0.15) is 0 Å². The van der Waals surface area contributed by atoms with E-state index in [0.29, 0.717) is 0 Å². The van der Waals surface area contributed by atoms with Crippen LogP contribution in [-0.4, -0.2) is 42.0 Å². The smallest absolute Gasteiger partial charge is 0.228 e. The number of aromatic nitrogens is 1. The molecule has 1 aliphatic heterocycles. The molecule has 0 atom stereocenters. The van der Waals surface area contributed by atoms with Gasteiger partial charge in [0.2, 0.25) is 5.91 Å². The predicted molar refractivity (Wildman–Crippen MR) is 112 cm³/mol. The molecule has 3 rings (SSSR count). The average Bonchev–Trinajstić information content (AvgIpc) is 2.81. The third-order valence-corrected chi connectivity index (χ3v) is 5.63. The van der Waals surface area contributed by atoms with Crippen LogP contribution < -0.4 is 4.90 Å². The van der Waals surface area contributed by atoms with E-state index >= 15 is 0 Å². The summed E-state index contributed by atoms with van der Waals surface area (Å²) in [5.74, 6) is 0.245. The maximum Gasteiger partial charge on any atom is 0.228 e. The second-order valence-corrected chi connectivity index (χ2v) is 9.13. The van der Waals surface area contributed by atoms with Crippen molar-refractivity contribution in [3.8, 4) is 0 Å². The number of anilines is 1. The zero-order chi connectivity index (χ0) is 19.1. The van der Waals surface area contributed by atoms with E-state index in [1.165, 1.54) is 16.6 Å². The highest BCUT2D eigenvalue weighted by Gasteiger charge is 2.29. The molecule has 1 saturated heterocycles. The molecule has 0 radical (unpaired) electrons. The van der Waals surface area contributed by atoms with Crippen LogP contribution in [0.3, 0.4) is 0 Å². The summed E-state index contributed by atoms with van der Waals surface area (Å²) in [5, 5.41) is 1.18. The first kappa shape index (κ1) is 19.2. The average molecular weight is 418 g/mol. The number of hydrogen-bond acceptors (Lipinski definition) is 3. The van der Waals surface area contributed by atoms with Gasteiger partial charge < -0.3 is 9.80 Å². The van der Waals surface area contributed by atoms with Crippen LogP contribution in [0.25, 0.3) is 10.9 Å². The number of carbonyl (C=O) groups is 1. The van der Waals surface area contributed by atoms with Crippen LogP contribution in [0.15, 0.2) is 22.7 Å². The fourth-order valence-corrected chi connectivity index (χ4v) is 4.02. The summed E-state index contributed by atoms with van der Waals surface area (Å²) in [4.78, 5) is 21.9. The van der Waals surface area contributed by atoms with E-state index in [1.54, 1.807) is 0 Å². The summed E-state index contributed by atoms with van der Waals surface area (Å²) in [6.45, 7) is 13.6. The molecule has 26 heavy (non-hydrogen) atoms. The van der Waals surface area contributed by atoms with E-state index in [2.05, 4.69) is 46.8 Å². The Bertz CT molecular complexity index is 841. The van der Waals surface area contributed by atoms with Gasteiger partial charge in [0.05, 0.1) is 11.2 Å². The van der Waals surface area contributed by atoms with Gasteiger partial charge in [-0.1, -0.05) is 36.7 Å². The number of fused-ring (bicyclic) bond motifs is 1. The van der Waals surface area contributed by atoms with Crippen molar-refractivity contribution in [3.05, 3.63) is 33.9 Å². The molecule has 0 bridgehead atoms. The SMILES string of the molecule is Cc1nc2ccc(Br)cc2c(N2CCCN(C(=O)C(C)(C)C)CC2)c1C. The van der Waals surface area contributed by atoms with Gasteiger partial charge in [-0.25, -0.2) is 0 Å². The Morgan fingerprint density at radius 1 is 1.12 bits per heavy atom. The molecule has 2 heterocycles. The summed E-state index contributed by atoms with van der Waals surface area (Å²) in [6.07, 6.45) is 0.984. The largest absolute Gasteiger partial charge is 0.369 e. The molecule has 5 heteroatoms. The Hall–Kier alpha value is -1.62. The fourth-order valence-electron chi connectivity index (χ4n) is 3.66. The van der Waals surface area contributed by atoms with Crippen molar-refractivity contribution < 1.29 is 4.79 Å². The number of halogens is 1. The molecule has 140 valence electrons. The topological polar surface area (TPSA) is 36.4 Å². The molecule has 0 spiro atoms. The number of carbonyl (C=O) groups excluding carboxylic acids is 1. The van der Waals surface area contributed by atoms with Gasteiger partial charge in [-0.05, 0) is 44.0 Å². The van der Waals surface area contributed by atoms with Crippen LogP contribution in [-0.2, 0) is 4.79 Å². The number of aryl methyl sites for hydroxylation is 1. The second kappa shape index (κ2) is 7.18. The van der Waals surface area contributed by atoms with E-state index < -0.39 is 0 Å². The lowest BCUT2D eigenvalue weighted by atomic mass is 9.94. The first-order chi connectivity index (χ1) is 12.2. The van der Waals surface area contributed by atoms with Crippen molar-refractivity contribution in [3.63, 3.8) is 0 Å². The second-order valence-electron chi connectivity index (χ2n) is 8.22. The van der Waals surface area contributed by atoms with Crippen molar-refractivity contribution in [1.29, 1.82) is 0 Å². The quantitative estimate of drug-likeness (QED) is 0.674. The molecule has 0 unspecified atom stereocenters. The maximum absolute atomic E-state index is 12.7. The highest BCUT2D eigenvalue weighted by Crippen LogP contribution is 2.34. The molecule has 4 nitrogen and oxygen atoms in total. The highest BCUT2D eigenvalue weighted by molar-refractivity contribution is 9.10. The van der Waals surface area contributed by atoms with E-state index in [9.17, 15) is 4.79 Å². The summed E-state index contributed by atoms with van der Waals surface area (Å²) in [5.41, 5.74) is 4.26. The molecule has 0 N–H and O–H groups in total. The standard InChI is InChI=1S/C21H28BrN3O/c1-14-15(2)23-18-8-7-16(22)13-17(18)19(14)24-9-6-10-25(12-11-24)20(26)21(3,4)5/h7-8,13H,6,9-12H2,1-5H3. The lowest BCUT2D eigenvalue weighted by Crippen LogP contribution is -2.41. The summed E-state index contributed by atoms with van der Waals surface area (Å²) >= 11 is 3.60. The molecule has 0 aliphatic carbocycles. The molecule has 1 aliphatic rings. The Morgan fingerprint density at radius 2 is 1.85 bits per heavy atom. The van der Waals surface area contributed by atoms with E-state index in [4.69, 9.17) is 4.98 Å².